The van der Waals surface area contributed by atoms with Gasteiger partial charge in [0.15, 0.2) is 0 Å². The Labute approximate surface area is 131 Å². The van der Waals surface area contributed by atoms with Crippen LogP contribution in [0.1, 0.15) is 90.9 Å². The van der Waals surface area contributed by atoms with Gasteiger partial charge in [0.1, 0.15) is 5.78 Å². The Balaban J connectivity index is 3.37. The average molecular weight is 297 g/mol. The van der Waals surface area contributed by atoms with Gasteiger partial charge in [-0.1, -0.05) is 52.4 Å². The van der Waals surface area contributed by atoms with E-state index in [0.29, 0.717) is 24.5 Å². The van der Waals surface area contributed by atoms with Crippen LogP contribution < -0.4 is 0 Å². The molecule has 0 bridgehead atoms. The number of hydrogen-bond donors (Lipinski definition) is 0. The molecule has 0 radical (unpaired) electrons. The van der Waals surface area contributed by atoms with Gasteiger partial charge in [-0.3, -0.25) is 9.59 Å². The van der Waals surface area contributed by atoms with Crippen LogP contribution in [0.25, 0.3) is 0 Å². The molecule has 0 rings (SSSR count). The highest BCUT2D eigenvalue weighted by Crippen LogP contribution is 2.10. The molecule has 0 aliphatic rings. The summed E-state index contributed by atoms with van der Waals surface area (Å²) in [5.74, 6) is 0.673. The molecular weight excluding hydrogens is 262 g/mol. The Morgan fingerprint density at radius 1 is 0.762 bits per heavy atom. The minimum atomic E-state index is 0.291. The standard InChI is InChI=1S/C18H35NO2/c1-4-6-13-16-19(3)18(21)15-12-10-8-7-9-11-14-17(20)5-2/h4-16H2,1-3H3. The highest BCUT2D eigenvalue weighted by Gasteiger charge is 2.07. The van der Waals surface area contributed by atoms with E-state index in [2.05, 4.69) is 6.92 Å². The normalized spacial score (nSPS) is 10.6. The molecule has 0 saturated carbocycles. The van der Waals surface area contributed by atoms with Gasteiger partial charge in [-0.05, 0) is 19.3 Å². The van der Waals surface area contributed by atoms with Crippen molar-refractivity contribution in [2.45, 2.75) is 90.9 Å². The van der Waals surface area contributed by atoms with E-state index >= 15 is 0 Å². The van der Waals surface area contributed by atoms with Gasteiger partial charge < -0.3 is 4.90 Å². The minimum Gasteiger partial charge on any atom is -0.346 e. The predicted octanol–water partition coefficient (Wildman–Crippen LogP) is 4.73. The van der Waals surface area contributed by atoms with Gasteiger partial charge in [-0.2, -0.15) is 0 Å². The second-order valence-electron chi connectivity index (χ2n) is 6.04. The summed E-state index contributed by atoms with van der Waals surface area (Å²) in [6, 6.07) is 0. The summed E-state index contributed by atoms with van der Waals surface area (Å²) in [7, 11) is 1.92. The topological polar surface area (TPSA) is 37.4 Å². The maximum Gasteiger partial charge on any atom is 0.222 e. The van der Waals surface area contributed by atoms with Gasteiger partial charge in [0.2, 0.25) is 5.91 Å². The largest absolute Gasteiger partial charge is 0.346 e. The van der Waals surface area contributed by atoms with Gasteiger partial charge in [0.05, 0.1) is 0 Å². The number of carbonyl (C=O) groups excluding carboxylic acids is 2. The van der Waals surface area contributed by atoms with Crippen LogP contribution in [-0.2, 0) is 9.59 Å². The summed E-state index contributed by atoms with van der Waals surface area (Å²) in [6.45, 7) is 5.01. The molecule has 0 aromatic rings. The summed E-state index contributed by atoms with van der Waals surface area (Å²) in [5, 5.41) is 0. The van der Waals surface area contributed by atoms with Crippen molar-refractivity contribution in [1.29, 1.82) is 0 Å². The highest BCUT2D eigenvalue weighted by atomic mass is 16.2. The monoisotopic (exact) mass is 297 g/mol. The molecule has 0 aromatic heterocycles. The molecule has 1 amide bonds. The van der Waals surface area contributed by atoms with Gasteiger partial charge in [-0.15, -0.1) is 0 Å². The molecule has 0 aliphatic heterocycles. The van der Waals surface area contributed by atoms with E-state index < -0.39 is 0 Å². The first-order chi connectivity index (χ1) is 10.1. The number of Topliss-reactive ketones (excluding diaryl/α,β-unsaturated/α-hetero) is 1. The number of hydrogen-bond acceptors (Lipinski definition) is 2. The Bertz CT molecular complexity index is 276. The van der Waals surface area contributed by atoms with Crippen LogP contribution in [-0.4, -0.2) is 30.2 Å². The molecule has 0 spiro atoms. The SMILES string of the molecule is CCCCCN(C)C(=O)CCCCCCCCC(=O)CC. The third-order valence-corrected chi connectivity index (χ3v) is 4.01. The fourth-order valence-corrected chi connectivity index (χ4v) is 2.40. The average Bonchev–Trinajstić information content (AvgIpc) is 2.49. The van der Waals surface area contributed by atoms with Crippen LogP contribution in [0.5, 0.6) is 0 Å². The van der Waals surface area contributed by atoms with E-state index in [1.165, 1.54) is 25.7 Å². The maximum absolute atomic E-state index is 11.9. The van der Waals surface area contributed by atoms with Crippen LogP contribution in [0.2, 0.25) is 0 Å². The molecule has 0 aromatic carbocycles. The van der Waals surface area contributed by atoms with Gasteiger partial charge in [0, 0.05) is 32.9 Å². The molecule has 3 nitrogen and oxygen atoms in total. The first-order valence-corrected chi connectivity index (χ1v) is 8.87. The number of ketones is 1. The van der Waals surface area contributed by atoms with Crippen LogP contribution in [0.15, 0.2) is 0 Å². The van der Waals surface area contributed by atoms with Crippen molar-refractivity contribution < 1.29 is 9.59 Å². The van der Waals surface area contributed by atoms with Crippen molar-refractivity contribution in [3.63, 3.8) is 0 Å². The van der Waals surface area contributed by atoms with Crippen molar-refractivity contribution in [3.05, 3.63) is 0 Å². The van der Waals surface area contributed by atoms with Crippen molar-refractivity contribution >= 4 is 11.7 Å². The summed E-state index contributed by atoms with van der Waals surface area (Å²) >= 11 is 0. The smallest absolute Gasteiger partial charge is 0.222 e. The summed E-state index contributed by atoms with van der Waals surface area (Å²) in [5.41, 5.74) is 0. The molecule has 0 fully saturated rings. The van der Waals surface area contributed by atoms with E-state index in [9.17, 15) is 9.59 Å². The Morgan fingerprint density at radius 2 is 1.33 bits per heavy atom. The molecular formula is C18H35NO2. The molecule has 0 N–H and O–H groups in total. The summed E-state index contributed by atoms with van der Waals surface area (Å²) in [6.07, 6.45) is 12.3. The number of carbonyl (C=O) groups is 2. The lowest BCUT2D eigenvalue weighted by Crippen LogP contribution is -2.27. The molecule has 0 saturated heterocycles. The molecule has 0 unspecified atom stereocenters. The minimum absolute atomic E-state index is 0.291. The summed E-state index contributed by atoms with van der Waals surface area (Å²) < 4.78 is 0. The number of rotatable bonds is 14. The quantitative estimate of drug-likeness (QED) is 0.434. The second kappa shape index (κ2) is 14.1. The third kappa shape index (κ3) is 12.6. The fraction of sp³-hybridized carbons (Fsp3) is 0.889. The van der Waals surface area contributed by atoms with E-state index in [0.717, 1.165) is 45.1 Å². The van der Waals surface area contributed by atoms with Gasteiger partial charge >= 0.3 is 0 Å². The van der Waals surface area contributed by atoms with E-state index in [1.54, 1.807) is 0 Å². The second-order valence-corrected chi connectivity index (χ2v) is 6.04. The predicted molar refractivity (Wildman–Crippen MR) is 89.4 cm³/mol. The van der Waals surface area contributed by atoms with Gasteiger partial charge in [-0.25, -0.2) is 0 Å². The van der Waals surface area contributed by atoms with Crippen LogP contribution in [0.4, 0.5) is 0 Å². The molecule has 0 atom stereocenters. The first kappa shape index (κ1) is 20.1. The van der Waals surface area contributed by atoms with Crippen molar-refractivity contribution in [3.8, 4) is 0 Å². The van der Waals surface area contributed by atoms with Crippen LogP contribution in [0, 0.1) is 0 Å². The van der Waals surface area contributed by atoms with Crippen molar-refractivity contribution in [2.24, 2.45) is 0 Å². The lowest BCUT2D eigenvalue weighted by atomic mass is 10.1. The molecule has 0 heterocycles. The Morgan fingerprint density at radius 3 is 1.90 bits per heavy atom. The Kier molecular flexibility index (Phi) is 13.5. The number of unbranched alkanes of at least 4 members (excludes halogenated alkanes) is 7. The first-order valence-electron chi connectivity index (χ1n) is 8.87. The summed E-state index contributed by atoms with van der Waals surface area (Å²) in [4.78, 5) is 24.9. The zero-order valence-corrected chi connectivity index (χ0v) is 14.5. The number of nitrogens with zero attached hydrogens (tertiary/aromatic N) is 1. The van der Waals surface area contributed by atoms with Crippen LogP contribution in [0.3, 0.4) is 0 Å². The third-order valence-electron chi connectivity index (χ3n) is 4.01. The van der Waals surface area contributed by atoms with Crippen LogP contribution >= 0.6 is 0 Å². The zero-order chi connectivity index (χ0) is 15.9. The zero-order valence-electron chi connectivity index (χ0n) is 14.5. The van der Waals surface area contributed by atoms with E-state index in [1.807, 2.05) is 18.9 Å². The van der Waals surface area contributed by atoms with Crippen molar-refractivity contribution in [1.82, 2.24) is 4.90 Å². The molecule has 124 valence electrons. The lowest BCUT2D eigenvalue weighted by molar-refractivity contribution is -0.130. The maximum atomic E-state index is 11.9. The Hall–Kier alpha value is -0.860. The molecule has 3 heteroatoms. The van der Waals surface area contributed by atoms with Gasteiger partial charge in [0.25, 0.3) is 0 Å². The molecule has 0 aliphatic carbocycles. The highest BCUT2D eigenvalue weighted by molar-refractivity contribution is 5.77. The van der Waals surface area contributed by atoms with E-state index in [4.69, 9.17) is 0 Å². The number of amides is 1. The van der Waals surface area contributed by atoms with Crippen molar-refractivity contribution in [2.75, 3.05) is 13.6 Å². The molecule has 21 heavy (non-hydrogen) atoms. The van der Waals surface area contributed by atoms with E-state index in [-0.39, 0.29) is 0 Å². The lowest BCUT2D eigenvalue weighted by Gasteiger charge is -2.16. The fourth-order valence-electron chi connectivity index (χ4n) is 2.40.